The molecule has 2 rings (SSSR count). The van der Waals surface area contributed by atoms with E-state index >= 15 is 0 Å². The third-order valence-electron chi connectivity index (χ3n) is 5.00. The molecular weight excluding hydrogens is 238 g/mol. The molecule has 19 heavy (non-hydrogen) atoms. The molecule has 0 aromatic carbocycles. The van der Waals surface area contributed by atoms with E-state index < -0.39 is 0 Å². The maximum atomic E-state index is 10.5. The van der Waals surface area contributed by atoms with Crippen LogP contribution in [0.3, 0.4) is 0 Å². The highest BCUT2D eigenvalue weighted by atomic mass is 16.5. The zero-order chi connectivity index (χ0) is 13.9. The van der Waals surface area contributed by atoms with Crippen LogP contribution in [-0.2, 0) is 4.74 Å². The largest absolute Gasteiger partial charge is 0.392 e. The molecule has 0 aromatic heterocycles. The van der Waals surface area contributed by atoms with Crippen LogP contribution >= 0.6 is 0 Å². The van der Waals surface area contributed by atoms with Gasteiger partial charge in [0.15, 0.2) is 0 Å². The van der Waals surface area contributed by atoms with Crippen molar-refractivity contribution in [3.8, 4) is 0 Å². The summed E-state index contributed by atoms with van der Waals surface area (Å²) in [5, 5.41) is 10.5. The molecule has 1 N–H and O–H groups in total. The normalized spacial score (nSPS) is 36.3. The van der Waals surface area contributed by atoms with Gasteiger partial charge in [-0.2, -0.15) is 0 Å². The minimum absolute atomic E-state index is 0.0953. The fourth-order valence-electron chi connectivity index (χ4n) is 3.84. The van der Waals surface area contributed by atoms with E-state index in [9.17, 15) is 5.11 Å². The molecule has 1 saturated heterocycles. The first-order chi connectivity index (χ1) is 9.03. The van der Waals surface area contributed by atoms with Crippen molar-refractivity contribution in [2.24, 2.45) is 11.3 Å². The number of ether oxygens (including phenoxy) is 1. The van der Waals surface area contributed by atoms with E-state index in [4.69, 9.17) is 4.74 Å². The summed E-state index contributed by atoms with van der Waals surface area (Å²) >= 11 is 0. The summed E-state index contributed by atoms with van der Waals surface area (Å²) in [6.07, 6.45) is 6.30. The minimum atomic E-state index is -0.145. The first kappa shape index (κ1) is 15.3. The highest BCUT2D eigenvalue weighted by molar-refractivity contribution is 4.90. The summed E-state index contributed by atoms with van der Waals surface area (Å²) in [5.74, 6) is 0.448. The van der Waals surface area contributed by atoms with Gasteiger partial charge in [-0.3, -0.25) is 0 Å². The molecule has 2 fully saturated rings. The molecule has 1 aliphatic heterocycles. The fraction of sp³-hybridized carbons (Fsp3) is 1.00. The molecule has 1 heterocycles. The van der Waals surface area contributed by atoms with Crippen molar-refractivity contribution in [2.75, 3.05) is 26.2 Å². The van der Waals surface area contributed by atoms with Crippen molar-refractivity contribution < 1.29 is 9.84 Å². The number of piperidine rings is 1. The average molecular weight is 269 g/mol. The standard InChI is InChI=1S/C16H31NO2/c1-4-19-14-8-6-10-17(12-14)11-13-7-5-9-16(2,3)15(13)18/h13-15,18H,4-12H2,1-3H3. The van der Waals surface area contributed by atoms with Gasteiger partial charge < -0.3 is 14.7 Å². The second kappa shape index (κ2) is 6.55. The quantitative estimate of drug-likeness (QED) is 0.851. The molecule has 0 spiro atoms. The van der Waals surface area contributed by atoms with Crippen molar-refractivity contribution in [3.05, 3.63) is 0 Å². The topological polar surface area (TPSA) is 32.7 Å². The molecule has 3 unspecified atom stereocenters. The molecule has 3 nitrogen and oxygen atoms in total. The van der Waals surface area contributed by atoms with Gasteiger partial charge in [-0.05, 0) is 50.5 Å². The van der Waals surface area contributed by atoms with E-state index in [0.29, 0.717) is 12.0 Å². The van der Waals surface area contributed by atoms with Crippen LogP contribution in [0.4, 0.5) is 0 Å². The van der Waals surface area contributed by atoms with Crippen molar-refractivity contribution in [1.82, 2.24) is 4.90 Å². The molecule has 3 heteroatoms. The average Bonchev–Trinajstić information content (AvgIpc) is 2.36. The van der Waals surface area contributed by atoms with Gasteiger partial charge >= 0.3 is 0 Å². The maximum absolute atomic E-state index is 10.5. The Bertz CT molecular complexity index is 278. The second-order valence-electron chi connectivity index (χ2n) is 7.06. The molecular formula is C16H31NO2. The van der Waals surface area contributed by atoms with E-state index in [0.717, 1.165) is 26.1 Å². The molecule has 1 saturated carbocycles. The monoisotopic (exact) mass is 269 g/mol. The van der Waals surface area contributed by atoms with E-state index in [-0.39, 0.29) is 11.5 Å². The Morgan fingerprint density at radius 1 is 1.26 bits per heavy atom. The third-order valence-corrected chi connectivity index (χ3v) is 5.00. The third kappa shape index (κ3) is 3.93. The maximum Gasteiger partial charge on any atom is 0.0702 e. The second-order valence-corrected chi connectivity index (χ2v) is 7.06. The van der Waals surface area contributed by atoms with Crippen molar-refractivity contribution >= 4 is 0 Å². The van der Waals surface area contributed by atoms with Crippen molar-refractivity contribution in [3.63, 3.8) is 0 Å². The van der Waals surface area contributed by atoms with E-state index in [2.05, 4.69) is 25.7 Å². The van der Waals surface area contributed by atoms with Gasteiger partial charge in [-0.25, -0.2) is 0 Å². The summed E-state index contributed by atoms with van der Waals surface area (Å²) in [4.78, 5) is 2.51. The SMILES string of the molecule is CCOC1CCCN(CC2CCCC(C)(C)C2O)C1. The van der Waals surface area contributed by atoms with Crippen LogP contribution in [0.15, 0.2) is 0 Å². The summed E-state index contributed by atoms with van der Waals surface area (Å²) in [6.45, 7) is 10.6. The number of likely N-dealkylation sites (tertiary alicyclic amines) is 1. The summed E-state index contributed by atoms with van der Waals surface area (Å²) in [7, 11) is 0. The lowest BCUT2D eigenvalue weighted by atomic mass is 9.69. The first-order valence-electron chi connectivity index (χ1n) is 8.05. The number of hydrogen-bond acceptors (Lipinski definition) is 3. The van der Waals surface area contributed by atoms with Crippen LogP contribution in [0.5, 0.6) is 0 Å². The summed E-state index contributed by atoms with van der Waals surface area (Å²) in [6, 6.07) is 0. The van der Waals surface area contributed by atoms with Crippen LogP contribution in [0.25, 0.3) is 0 Å². The predicted octanol–water partition coefficient (Wildman–Crippen LogP) is 2.67. The Kier molecular flexibility index (Phi) is 5.27. The molecule has 2 aliphatic rings. The van der Waals surface area contributed by atoms with Crippen LogP contribution in [-0.4, -0.2) is 48.5 Å². The Labute approximate surface area is 118 Å². The fourth-order valence-corrected chi connectivity index (χ4v) is 3.84. The molecule has 0 amide bonds. The molecule has 0 bridgehead atoms. The van der Waals surface area contributed by atoms with Crippen LogP contribution in [0.2, 0.25) is 0 Å². The van der Waals surface area contributed by atoms with Crippen molar-refractivity contribution in [1.29, 1.82) is 0 Å². The highest BCUT2D eigenvalue weighted by Crippen LogP contribution is 2.39. The lowest BCUT2D eigenvalue weighted by Crippen LogP contribution is -2.48. The van der Waals surface area contributed by atoms with Crippen LogP contribution in [0.1, 0.15) is 52.9 Å². The molecule has 3 atom stereocenters. The minimum Gasteiger partial charge on any atom is -0.392 e. The van der Waals surface area contributed by atoms with E-state index in [1.165, 1.54) is 32.2 Å². The van der Waals surface area contributed by atoms with Crippen molar-refractivity contribution in [2.45, 2.75) is 65.1 Å². The Morgan fingerprint density at radius 3 is 2.79 bits per heavy atom. The zero-order valence-electron chi connectivity index (χ0n) is 12.9. The van der Waals surface area contributed by atoms with Gasteiger partial charge in [0, 0.05) is 19.7 Å². The first-order valence-corrected chi connectivity index (χ1v) is 8.05. The van der Waals surface area contributed by atoms with Gasteiger partial charge in [-0.15, -0.1) is 0 Å². The Hall–Kier alpha value is -0.120. The number of rotatable bonds is 4. The van der Waals surface area contributed by atoms with Gasteiger partial charge in [0.1, 0.15) is 0 Å². The number of aliphatic hydroxyl groups is 1. The van der Waals surface area contributed by atoms with Gasteiger partial charge in [-0.1, -0.05) is 20.3 Å². The number of nitrogens with zero attached hydrogens (tertiary/aromatic N) is 1. The Morgan fingerprint density at radius 2 is 2.05 bits per heavy atom. The molecule has 1 aliphatic carbocycles. The van der Waals surface area contributed by atoms with Crippen LogP contribution < -0.4 is 0 Å². The lowest BCUT2D eigenvalue weighted by Gasteiger charge is -2.43. The highest BCUT2D eigenvalue weighted by Gasteiger charge is 2.38. The summed E-state index contributed by atoms with van der Waals surface area (Å²) in [5.41, 5.74) is 0.0953. The Balaban J connectivity index is 1.86. The number of hydrogen-bond donors (Lipinski definition) is 1. The molecule has 112 valence electrons. The van der Waals surface area contributed by atoms with E-state index in [1.807, 2.05) is 0 Å². The number of aliphatic hydroxyl groups excluding tert-OH is 1. The predicted molar refractivity (Wildman–Crippen MR) is 78.2 cm³/mol. The molecule has 0 aromatic rings. The van der Waals surface area contributed by atoms with Gasteiger partial charge in [0.05, 0.1) is 12.2 Å². The lowest BCUT2D eigenvalue weighted by molar-refractivity contribution is -0.0556. The van der Waals surface area contributed by atoms with Gasteiger partial charge in [0.25, 0.3) is 0 Å². The van der Waals surface area contributed by atoms with Gasteiger partial charge in [0.2, 0.25) is 0 Å². The van der Waals surface area contributed by atoms with Crippen LogP contribution in [0, 0.1) is 11.3 Å². The van der Waals surface area contributed by atoms with E-state index in [1.54, 1.807) is 0 Å². The smallest absolute Gasteiger partial charge is 0.0702 e. The molecule has 0 radical (unpaired) electrons. The summed E-state index contributed by atoms with van der Waals surface area (Å²) < 4.78 is 5.77. The zero-order valence-corrected chi connectivity index (χ0v) is 12.9.